The summed E-state index contributed by atoms with van der Waals surface area (Å²) in [4.78, 5) is 8.63. The minimum atomic E-state index is -0.507. The molecule has 0 spiro atoms. The molecule has 3 heterocycles. The van der Waals surface area contributed by atoms with E-state index in [2.05, 4.69) is 25.4 Å². The van der Waals surface area contributed by atoms with Crippen LogP contribution in [0, 0.1) is 5.92 Å². The van der Waals surface area contributed by atoms with Crippen LogP contribution in [-0.2, 0) is 6.54 Å². The summed E-state index contributed by atoms with van der Waals surface area (Å²) in [6.45, 7) is 1.89. The average Bonchev–Trinajstić information content (AvgIpc) is 2.99. The second-order valence-electron chi connectivity index (χ2n) is 5.97. The number of allylic oxidation sites excluding steroid dienone is 2. The van der Waals surface area contributed by atoms with E-state index in [1.54, 1.807) is 36.0 Å². The van der Waals surface area contributed by atoms with Gasteiger partial charge in [0, 0.05) is 12.1 Å². The first-order valence-electron chi connectivity index (χ1n) is 8.05. The number of pyridine rings is 2. The van der Waals surface area contributed by atoms with Gasteiger partial charge < -0.3 is 5.21 Å². The molecule has 8 heteroatoms. The zero-order chi connectivity index (χ0) is 18.1. The fraction of sp³-hybridized carbons (Fsp3) is 0.167. The lowest BCUT2D eigenvalue weighted by molar-refractivity contribution is 0.319. The summed E-state index contributed by atoms with van der Waals surface area (Å²) >= 11 is 0. The first-order chi connectivity index (χ1) is 12.7. The van der Waals surface area contributed by atoms with Crippen LogP contribution in [0.25, 0.3) is 23.3 Å². The maximum Gasteiger partial charge on any atom is 0.179 e. The van der Waals surface area contributed by atoms with Crippen LogP contribution in [0.3, 0.4) is 0 Å². The predicted molar refractivity (Wildman–Crippen MR) is 95.2 cm³/mol. The second-order valence-corrected chi connectivity index (χ2v) is 5.97. The third kappa shape index (κ3) is 2.85. The third-order valence-corrected chi connectivity index (χ3v) is 4.26. The van der Waals surface area contributed by atoms with Gasteiger partial charge in [-0.1, -0.05) is 28.6 Å². The molecule has 0 saturated carbocycles. The Kier molecular flexibility index (Phi) is 4.00. The van der Waals surface area contributed by atoms with Crippen molar-refractivity contribution in [3.8, 4) is 0 Å². The maximum atomic E-state index is 14.7. The molecule has 0 amide bonds. The number of hydrogen-bond acceptors (Lipinski definition) is 6. The van der Waals surface area contributed by atoms with Crippen LogP contribution in [-0.4, -0.2) is 35.9 Å². The molecule has 130 valence electrons. The molecule has 26 heavy (non-hydrogen) atoms. The highest BCUT2D eigenvalue weighted by Gasteiger charge is 2.19. The normalized spacial score (nSPS) is 17.1. The van der Waals surface area contributed by atoms with Gasteiger partial charge in [-0.25, -0.2) is 14.1 Å². The molecule has 0 aromatic carbocycles. The summed E-state index contributed by atoms with van der Waals surface area (Å²) in [5, 5.41) is 20.2. The Labute approximate surface area is 148 Å². The highest BCUT2D eigenvalue weighted by molar-refractivity contribution is 5.97. The van der Waals surface area contributed by atoms with Gasteiger partial charge in [0.1, 0.15) is 17.1 Å². The SMILES string of the molecule is C/C(=N/O)c1ccc2nnn(CC3C=Cc4cccnc4C=C3F)c2n1. The molecule has 1 aliphatic rings. The van der Waals surface area contributed by atoms with E-state index >= 15 is 0 Å². The van der Waals surface area contributed by atoms with Crippen LogP contribution in [0.15, 0.2) is 47.5 Å². The van der Waals surface area contributed by atoms with E-state index in [1.165, 1.54) is 6.08 Å². The number of oxime groups is 1. The molecule has 0 fully saturated rings. The molecule has 1 unspecified atom stereocenters. The number of rotatable bonds is 3. The van der Waals surface area contributed by atoms with Gasteiger partial charge in [-0.3, -0.25) is 4.98 Å². The monoisotopic (exact) mass is 350 g/mol. The number of fused-ring (bicyclic) bond motifs is 2. The van der Waals surface area contributed by atoms with Crippen LogP contribution in [0.5, 0.6) is 0 Å². The van der Waals surface area contributed by atoms with Gasteiger partial charge in [0.2, 0.25) is 0 Å². The number of nitrogens with zero attached hydrogens (tertiary/aromatic N) is 6. The van der Waals surface area contributed by atoms with Gasteiger partial charge in [-0.2, -0.15) is 0 Å². The number of hydrogen-bond donors (Lipinski definition) is 1. The van der Waals surface area contributed by atoms with E-state index in [4.69, 9.17) is 5.21 Å². The Bertz CT molecular complexity index is 1070. The smallest absolute Gasteiger partial charge is 0.179 e. The minimum Gasteiger partial charge on any atom is -0.411 e. The number of aromatic nitrogens is 5. The molecule has 0 saturated heterocycles. The Morgan fingerprint density at radius 2 is 2.23 bits per heavy atom. The molecule has 1 N–H and O–H groups in total. The molecular formula is C18H15FN6O. The van der Waals surface area contributed by atoms with Gasteiger partial charge in [0.15, 0.2) is 5.65 Å². The zero-order valence-electron chi connectivity index (χ0n) is 13.9. The summed E-state index contributed by atoms with van der Waals surface area (Å²) in [5.74, 6) is -0.807. The van der Waals surface area contributed by atoms with E-state index in [0.29, 0.717) is 28.3 Å². The molecule has 3 aromatic rings. The second kappa shape index (κ2) is 6.47. The van der Waals surface area contributed by atoms with Gasteiger partial charge >= 0.3 is 0 Å². The van der Waals surface area contributed by atoms with Crippen molar-refractivity contribution in [1.29, 1.82) is 0 Å². The molecule has 0 radical (unpaired) electrons. The Balaban J connectivity index is 1.69. The van der Waals surface area contributed by atoms with Crippen LogP contribution in [0.4, 0.5) is 4.39 Å². The summed E-state index contributed by atoms with van der Waals surface area (Å²) in [5.41, 5.74) is 3.44. The summed E-state index contributed by atoms with van der Waals surface area (Å²) in [6.07, 6.45) is 6.73. The first-order valence-corrected chi connectivity index (χ1v) is 8.05. The highest BCUT2D eigenvalue weighted by Crippen LogP contribution is 2.26. The summed E-state index contributed by atoms with van der Waals surface area (Å²) in [6, 6.07) is 7.15. The molecule has 1 atom stereocenters. The number of halogens is 1. The van der Waals surface area contributed by atoms with Gasteiger partial charge in [0.25, 0.3) is 0 Å². The molecule has 1 aliphatic carbocycles. The van der Waals surface area contributed by atoms with Crippen molar-refractivity contribution in [1.82, 2.24) is 25.0 Å². The van der Waals surface area contributed by atoms with Gasteiger partial charge in [-0.15, -0.1) is 5.10 Å². The molecule has 0 aliphatic heterocycles. The van der Waals surface area contributed by atoms with Crippen LogP contribution < -0.4 is 0 Å². The topological polar surface area (TPSA) is 89.1 Å². The summed E-state index contributed by atoms with van der Waals surface area (Å²) < 4.78 is 16.2. The van der Waals surface area contributed by atoms with Crippen molar-refractivity contribution in [2.24, 2.45) is 11.1 Å². The van der Waals surface area contributed by atoms with Crippen molar-refractivity contribution in [2.75, 3.05) is 0 Å². The quantitative estimate of drug-likeness (QED) is 0.445. The molecule has 4 rings (SSSR count). The molecule has 0 bridgehead atoms. The molecular weight excluding hydrogens is 335 g/mol. The Hall–Kier alpha value is -3.42. The van der Waals surface area contributed by atoms with E-state index in [0.717, 1.165) is 5.56 Å². The fourth-order valence-electron chi connectivity index (χ4n) is 2.80. The van der Waals surface area contributed by atoms with Crippen LogP contribution in [0.2, 0.25) is 0 Å². The summed E-state index contributed by atoms with van der Waals surface area (Å²) in [7, 11) is 0. The van der Waals surface area contributed by atoms with E-state index in [1.807, 2.05) is 18.2 Å². The lowest BCUT2D eigenvalue weighted by Gasteiger charge is -2.10. The third-order valence-electron chi connectivity index (χ3n) is 4.26. The Morgan fingerprint density at radius 1 is 1.35 bits per heavy atom. The maximum absolute atomic E-state index is 14.7. The Morgan fingerprint density at radius 3 is 3.08 bits per heavy atom. The van der Waals surface area contributed by atoms with Gasteiger partial charge in [-0.05, 0) is 36.8 Å². The largest absolute Gasteiger partial charge is 0.411 e. The van der Waals surface area contributed by atoms with E-state index < -0.39 is 5.92 Å². The fourth-order valence-corrected chi connectivity index (χ4v) is 2.80. The van der Waals surface area contributed by atoms with Crippen molar-refractivity contribution in [3.05, 3.63) is 59.3 Å². The van der Waals surface area contributed by atoms with Crippen molar-refractivity contribution in [2.45, 2.75) is 13.5 Å². The van der Waals surface area contributed by atoms with Crippen molar-refractivity contribution < 1.29 is 9.60 Å². The first kappa shape index (κ1) is 16.1. The highest BCUT2D eigenvalue weighted by atomic mass is 19.1. The van der Waals surface area contributed by atoms with Crippen molar-refractivity contribution in [3.63, 3.8) is 0 Å². The van der Waals surface area contributed by atoms with Crippen LogP contribution in [0.1, 0.15) is 23.9 Å². The standard InChI is InChI=1S/C18H15FN6O/c1-11(23-26)15-6-7-16-18(21-15)25(24-22-16)10-13-5-4-12-3-2-8-20-17(12)9-14(13)19/h2-9,13,26H,10H2,1H3/b23-11-. The average molecular weight is 350 g/mol. The predicted octanol–water partition coefficient (Wildman–Crippen LogP) is 3.07. The molecule has 7 nitrogen and oxygen atoms in total. The van der Waals surface area contributed by atoms with Crippen LogP contribution >= 0.6 is 0 Å². The molecule has 3 aromatic heterocycles. The van der Waals surface area contributed by atoms with Crippen molar-refractivity contribution >= 4 is 29.0 Å². The van der Waals surface area contributed by atoms with E-state index in [9.17, 15) is 4.39 Å². The minimum absolute atomic E-state index is 0.245. The van der Waals surface area contributed by atoms with E-state index in [-0.39, 0.29) is 12.4 Å². The lowest BCUT2D eigenvalue weighted by Crippen LogP contribution is -2.12. The van der Waals surface area contributed by atoms with Gasteiger partial charge in [0.05, 0.1) is 17.9 Å². The lowest BCUT2D eigenvalue weighted by atomic mass is 10.1. The zero-order valence-corrected chi connectivity index (χ0v) is 13.9.